The largest absolute Gasteiger partial charge is 0.325 e. The smallest absolute Gasteiger partial charge is 0.228 e. The van der Waals surface area contributed by atoms with Crippen molar-refractivity contribution in [2.24, 2.45) is 11.3 Å². The SMILES string of the molecule is N#Cc1ccc(Cl)cc1NC(=O)C1CC12CCNCC2. The number of carbonyl (C=O) groups is 1. The van der Waals surface area contributed by atoms with E-state index in [0.29, 0.717) is 16.3 Å². The van der Waals surface area contributed by atoms with E-state index in [0.717, 1.165) is 32.4 Å². The lowest BCUT2D eigenvalue weighted by molar-refractivity contribution is -0.118. The molecule has 1 heterocycles. The van der Waals surface area contributed by atoms with Crippen molar-refractivity contribution < 1.29 is 4.79 Å². The van der Waals surface area contributed by atoms with Crippen LogP contribution >= 0.6 is 11.6 Å². The molecule has 4 nitrogen and oxygen atoms in total. The fourth-order valence-electron chi connectivity index (χ4n) is 3.13. The highest BCUT2D eigenvalue weighted by Gasteiger charge is 2.57. The number of halogens is 1. The molecule has 2 N–H and O–H groups in total. The Labute approximate surface area is 123 Å². The monoisotopic (exact) mass is 289 g/mol. The summed E-state index contributed by atoms with van der Waals surface area (Å²) in [4.78, 5) is 12.3. The molecule has 1 spiro atoms. The fourth-order valence-corrected chi connectivity index (χ4v) is 3.30. The second kappa shape index (κ2) is 5.08. The van der Waals surface area contributed by atoms with E-state index in [2.05, 4.69) is 16.7 Å². The minimum absolute atomic E-state index is 0.0191. The molecule has 1 saturated carbocycles. The highest BCUT2D eigenvalue weighted by molar-refractivity contribution is 6.31. The second-order valence-corrected chi connectivity index (χ2v) is 6.10. The molecular weight excluding hydrogens is 274 g/mol. The highest BCUT2D eigenvalue weighted by Crippen LogP contribution is 2.58. The first-order chi connectivity index (χ1) is 9.64. The summed E-state index contributed by atoms with van der Waals surface area (Å²) in [5.74, 6) is 0.0980. The van der Waals surface area contributed by atoms with Crippen molar-refractivity contribution in [3.05, 3.63) is 28.8 Å². The molecule has 1 amide bonds. The van der Waals surface area contributed by atoms with Gasteiger partial charge in [-0.2, -0.15) is 5.26 Å². The van der Waals surface area contributed by atoms with Crippen LogP contribution in [0.25, 0.3) is 0 Å². The van der Waals surface area contributed by atoms with E-state index >= 15 is 0 Å². The zero-order valence-electron chi connectivity index (χ0n) is 11.1. The fraction of sp³-hybridized carbons (Fsp3) is 0.467. The first kappa shape index (κ1) is 13.4. The number of hydrogen-bond donors (Lipinski definition) is 2. The third kappa shape index (κ3) is 2.39. The number of carbonyl (C=O) groups excluding carboxylic acids is 1. The number of anilines is 1. The van der Waals surface area contributed by atoms with Crippen molar-refractivity contribution in [3.63, 3.8) is 0 Å². The summed E-state index contributed by atoms with van der Waals surface area (Å²) in [5.41, 5.74) is 1.16. The molecule has 1 aliphatic heterocycles. The van der Waals surface area contributed by atoms with Gasteiger partial charge in [0.1, 0.15) is 6.07 Å². The summed E-state index contributed by atoms with van der Waals surface area (Å²) in [6.07, 6.45) is 3.08. The van der Waals surface area contributed by atoms with Crippen molar-refractivity contribution in [2.75, 3.05) is 18.4 Å². The Morgan fingerprint density at radius 2 is 2.20 bits per heavy atom. The molecule has 5 heteroatoms. The first-order valence-corrected chi connectivity index (χ1v) is 7.24. The van der Waals surface area contributed by atoms with Gasteiger partial charge in [-0.25, -0.2) is 0 Å². The van der Waals surface area contributed by atoms with Crippen LogP contribution in [0.4, 0.5) is 5.69 Å². The maximum absolute atomic E-state index is 12.3. The molecule has 2 fully saturated rings. The minimum Gasteiger partial charge on any atom is -0.325 e. The van der Waals surface area contributed by atoms with Gasteiger partial charge in [0.15, 0.2) is 0 Å². The van der Waals surface area contributed by atoms with E-state index in [1.54, 1.807) is 18.2 Å². The number of hydrogen-bond acceptors (Lipinski definition) is 3. The highest BCUT2D eigenvalue weighted by atomic mass is 35.5. The van der Waals surface area contributed by atoms with Gasteiger partial charge in [0.25, 0.3) is 0 Å². The molecule has 104 valence electrons. The van der Waals surface area contributed by atoms with Crippen molar-refractivity contribution in [1.82, 2.24) is 5.32 Å². The Kier molecular flexibility index (Phi) is 3.41. The predicted octanol–water partition coefficient (Wildman–Crippen LogP) is 2.54. The summed E-state index contributed by atoms with van der Waals surface area (Å²) in [5, 5.41) is 15.8. The molecule has 3 rings (SSSR count). The zero-order valence-corrected chi connectivity index (χ0v) is 11.8. The number of rotatable bonds is 2. The molecule has 0 bridgehead atoms. The predicted molar refractivity (Wildman–Crippen MR) is 77.4 cm³/mol. The molecule has 0 aromatic heterocycles. The molecule has 1 aliphatic carbocycles. The van der Waals surface area contributed by atoms with Gasteiger partial charge in [0.05, 0.1) is 11.3 Å². The van der Waals surface area contributed by atoms with Gasteiger partial charge in [0, 0.05) is 10.9 Å². The zero-order chi connectivity index (χ0) is 14.2. The molecule has 2 aliphatic rings. The number of benzene rings is 1. The maximum atomic E-state index is 12.3. The van der Waals surface area contributed by atoms with Crippen molar-refractivity contribution in [3.8, 4) is 6.07 Å². The second-order valence-electron chi connectivity index (χ2n) is 5.66. The average molecular weight is 290 g/mol. The number of piperidine rings is 1. The Balaban J connectivity index is 1.71. The third-order valence-electron chi connectivity index (χ3n) is 4.47. The van der Waals surface area contributed by atoms with Crippen LogP contribution in [0.5, 0.6) is 0 Å². The van der Waals surface area contributed by atoms with Crippen molar-refractivity contribution in [1.29, 1.82) is 5.26 Å². The van der Waals surface area contributed by atoms with Crippen LogP contribution in [0, 0.1) is 22.7 Å². The third-order valence-corrected chi connectivity index (χ3v) is 4.70. The van der Waals surface area contributed by atoms with Gasteiger partial charge in [-0.3, -0.25) is 4.79 Å². The van der Waals surface area contributed by atoms with E-state index in [4.69, 9.17) is 16.9 Å². The quantitative estimate of drug-likeness (QED) is 0.879. The molecule has 1 unspecified atom stereocenters. The van der Waals surface area contributed by atoms with Crippen LogP contribution in [0.15, 0.2) is 18.2 Å². The molecule has 20 heavy (non-hydrogen) atoms. The van der Waals surface area contributed by atoms with Crippen LogP contribution in [0.2, 0.25) is 5.02 Å². The Morgan fingerprint density at radius 3 is 2.90 bits per heavy atom. The molecule has 1 aromatic rings. The molecule has 1 saturated heterocycles. The van der Waals surface area contributed by atoms with Crippen LogP contribution in [-0.2, 0) is 4.79 Å². The van der Waals surface area contributed by atoms with Crippen LogP contribution < -0.4 is 10.6 Å². The van der Waals surface area contributed by atoms with Crippen LogP contribution in [0.3, 0.4) is 0 Å². The summed E-state index contributed by atoms with van der Waals surface area (Å²) in [7, 11) is 0. The summed E-state index contributed by atoms with van der Waals surface area (Å²) in [6.45, 7) is 1.98. The van der Waals surface area contributed by atoms with Crippen molar-refractivity contribution >= 4 is 23.2 Å². The van der Waals surface area contributed by atoms with Gasteiger partial charge in [-0.05, 0) is 56.0 Å². The van der Waals surface area contributed by atoms with Gasteiger partial charge in [-0.15, -0.1) is 0 Å². The van der Waals surface area contributed by atoms with E-state index in [1.165, 1.54) is 0 Å². The normalized spacial score (nSPS) is 23.1. The molecule has 1 atom stereocenters. The van der Waals surface area contributed by atoms with Crippen molar-refractivity contribution in [2.45, 2.75) is 19.3 Å². The molecule has 0 radical (unpaired) electrons. The van der Waals surface area contributed by atoms with Gasteiger partial charge in [-0.1, -0.05) is 11.6 Å². The topological polar surface area (TPSA) is 64.9 Å². The van der Waals surface area contributed by atoms with Gasteiger partial charge in [0.2, 0.25) is 5.91 Å². The molecule has 1 aromatic carbocycles. The van der Waals surface area contributed by atoms with Gasteiger partial charge >= 0.3 is 0 Å². The number of nitrogens with zero attached hydrogens (tertiary/aromatic N) is 1. The lowest BCUT2D eigenvalue weighted by Gasteiger charge is -2.23. The van der Waals surface area contributed by atoms with E-state index in [-0.39, 0.29) is 17.2 Å². The Bertz CT molecular complexity index is 587. The number of nitrogens with one attached hydrogen (secondary N) is 2. The Morgan fingerprint density at radius 1 is 1.45 bits per heavy atom. The maximum Gasteiger partial charge on any atom is 0.228 e. The summed E-state index contributed by atoms with van der Waals surface area (Å²) >= 11 is 5.93. The first-order valence-electron chi connectivity index (χ1n) is 6.86. The van der Waals surface area contributed by atoms with E-state index in [9.17, 15) is 4.79 Å². The lowest BCUT2D eigenvalue weighted by atomic mass is 9.91. The summed E-state index contributed by atoms with van der Waals surface area (Å²) < 4.78 is 0. The minimum atomic E-state index is 0.0191. The number of nitriles is 1. The van der Waals surface area contributed by atoms with E-state index < -0.39 is 0 Å². The van der Waals surface area contributed by atoms with Crippen LogP contribution in [-0.4, -0.2) is 19.0 Å². The Hall–Kier alpha value is -1.57. The lowest BCUT2D eigenvalue weighted by Crippen LogP contribution is -2.31. The average Bonchev–Trinajstić information content (AvgIpc) is 3.13. The number of amides is 1. The summed E-state index contributed by atoms with van der Waals surface area (Å²) in [6, 6.07) is 6.99. The van der Waals surface area contributed by atoms with Gasteiger partial charge < -0.3 is 10.6 Å². The standard InChI is InChI=1S/C15H16ClN3O/c16-11-2-1-10(9-17)13(7-11)19-14(20)12-8-15(12)3-5-18-6-4-15/h1-2,7,12,18H,3-6,8H2,(H,19,20). The molecular formula is C15H16ClN3O. The van der Waals surface area contributed by atoms with Crippen LogP contribution in [0.1, 0.15) is 24.8 Å². The van der Waals surface area contributed by atoms with E-state index in [1.807, 2.05) is 0 Å².